The first-order chi connectivity index (χ1) is 23.5. The summed E-state index contributed by atoms with van der Waals surface area (Å²) < 4.78 is 5.38. The van der Waals surface area contributed by atoms with Crippen molar-refractivity contribution in [2.45, 2.75) is 59.4 Å². The van der Waals surface area contributed by atoms with Crippen LogP contribution in [0.15, 0.2) is 88.0 Å². The molecule has 1 atom stereocenters. The van der Waals surface area contributed by atoms with Crippen LogP contribution in [0.25, 0.3) is 0 Å². The van der Waals surface area contributed by atoms with Crippen molar-refractivity contribution in [3.8, 4) is 0 Å². The van der Waals surface area contributed by atoms with Gasteiger partial charge in [-0.15, -0.1) is 0 Å². The second-order valence-corrected chi connectivity index (χ2v) is 15.4. The van der Waals surface area contributed by atoms with Crippen LogP contribution in [0.4, 0.5) is 11.5 Å². The second-order valence-electron chi connectivity index (χ2n) is 15.4. The number of aromatic nitrogens is 1. The molecule has 1 aromatic heterocycles. The lowest BCUT2D eigenvalue weighted by Crippen LogP contribution is -2.56. The van der Waals surface area contributed by atoms with Crippen molar-refractivity contribution in [2.24, 2.45) is 11.3 Å². The Bertz CT molecular complexity index is 1590. The summed E-state index contributed by atoms with van der Waals surface area (Å²) in [7, 11) is 3.52. The number of nitrogens with zero attached hydrogens (tertiary/aromatic N) is 5. The van der Waals surface area contributed by atoms with E-state index in [2.05, 4.69) is 60.4 Å². The molecule has 3 aliphatic heterocycles. The number of ether oxygens (including phenoxy) is 1. The fourth-order valence-corrected chi connectivity index (χ4v) is 8.20. The van der Waals surface area contributed by atoms with Crippen LogP contribution in [0.5, 0.6) is 0 Å². The topological polar surface area (TPSA) is 84.4 Å². The van der Waals surface area contributed by atoms with Gasteiger partial charge < -0.3 is 29.9 Å². The molecular formula is C40H56N6O3. The van der Waals surface area contributed by atoms with Gasteiger partial charge in [0.15, 0.2) is 0 Å². The molecule has 0 bridgehead atoms. The van der Waals surface area contributed by atoms with Gasteiger partial charge in [-0.2, -0.15) is 0 Å². The van der Waals surface area contributed by atoms with Crippen molar-refractivity contribution in [2.75, 3.05) is 83.4 Å². The Kier molecular flexibility index (Phi) is 10.5. The molecule has 9 heteroatoms. The minimum absolute atomic E-state index is 0.0921. The first-order valence-electron chi connectivity index (χ1n) is 18.0. The Morgan fingerprint density at radius 1 is 1.14 bits per heavy atom. The largest absolute Gasteiger partial charge is 0.392 e. The third-order valence-corrected chi connectivity index (χ3v) is 11.1. The van der Waals surface area contributed by atoms with Gasteiger partial charge in [-0.05, 0) is 84.9 Å². The highest BCUT2D eigenvalue weighted by molar-refractivity contribution is 5.95. The van der Waals surface area contributed by atoms with E-state index in [0.717, 1.165) is 87.9 Å². The number of fused-ring (bicyclic) bond motifs is 1. The zero-order chi connectivity index (χ0) is 34.9. The summed E-state index contributed by atoms with van der Waals surface area (Å²) in [5.74, 6) is 0.364. The standard InChI is InChI=1S/C40H56N6O3/c1-8-9-37(46-13-12-33-30(23-46)19-29-20-40(4,5)21-34(29)33)35(24-47)28(3)27(2)18-36(39(48)43(6)7)42-38-11-10-31(22-41-38)44-14-16-45(17-15-44)32-25-49-26-32/h8-11,18,22,27,32,47H,1,12-17,19-21,23-26H2,2-7H3,(H,41,42)/b35-28+,36-18+,37-9+. The maximum Gasteiger partial charge on any atom is 0.269 e. The summed E-state index contributed by atoms with van der Waals surface area (Å²) in [6.45, 7) is 20.3. The van der Waals surface area contributed by atoms with Crippen molar-refractivity contribution < 1.29 is 14.6 Å². The number of aliphatic hydroxyl groups excluding tert-OH is 1. The van der Waals surface area contributed by atoms with Crippen LogP contribution in [-0.2, 0) is 9.53 Å². The number of piperazine rings is 1. The molecule has 4 heterocycles. The third-order valence-electron chi connectivity index (χ3n) is 11.1. The minimum atomic E-state index is -0.130. The van der Waals surface area contributed by atoms with Gasteiger partial charge in [-0.25, -0.2) is 4.98 Å². The number of rotatable bonds is 11. The fourth-order valence-electron chi connectivity index (χ4n) is 8.20. The Hall–Kier alpha value is -3.66. The number of hydrogen-bond acceptors (Lipinski definition) is 8. The molecule has 5 aliphatic rings. The Morgan fingerprint density at radius 2 is 1.90 bits per heavy atom. The van der Waals surface area contributed by atoms with Crippen molar-refractivity contribution in [3.63, 3.8) is 0 Å². The van der Waals surface area contributed by atoms with Crippen molar-refractivity contribution in [3.05, 3.63) is 88.0 Å². The van der Waals surface area contributed by atoms with Gasteiger partial charge in [0, 0.05) is 64.6 Å². The number of amides is 1. The summed E-state index contributed by atoms with van der Waals surface area (Å²) >= 11 is 0. The monoisotopic (exact) mass is 668 g/mol. The zero-order valence-corrected chi connectivity index (χ0v) is 30.5. The van der Waals surface area contributed by atoms with Crippen molar-refractivity contribution in [1.29, 1.82) is 0 Å². The highest BCUT2D eigenvalue weighted by atomic mass is 16.5. The number of likely N-dealkylation sites (N-methyl/N-ethyl adjacent to an activating group) is 1. The predicted octanol–water partition coefficient (Wildman–Crippen LogP) is 5.52. The number of allylic oxidation sites excluding steroid dienone is 6. The number of carbonyl (C=O) groups excluding carboxylic acids is 1. The Morgan fingerprint density at radius 3 is 2.51 bits per heavy atom. The molecule has 264 valence electrons. The van der Waals surface area contributed by atoms with Gasteiger partial charge in [-0.3, -0.25) is 9.69 Å². The van der Waals surface area contributed by atoms with E-state index < -0.39 is 0 Å². The molecule has 1 aromatic rings. The van der Waals surface area contributed by atoms with Gasteiger partial charge in [0.2, 0.25) is 0 Å². The summed E-state index contributed by atoms with van der Waals surface area (Å²) in [6.07, 6.45) is 12.2. The molecule has 0 saturated carbocycles. The van der Waals surface area contributed by atoms with E-state index >= 15 is 0 Å². The summed E-state index contributed by atoms with van der Waals surface area (Å²) in [4.78, 5) is 27.0. The zero-order valence-electron chi connectivity index (χ0n) is 30.5. The number of aliphatic hydroxyl groups is 1. The maximum absolute atomic E-state index is 13.4. The molecule has 0 aromatic carbocycles. The lowest BCUT2D eigenvalue weighted by Gasteiger charge is -2.43. The summed E-state index contributed by atoms with van der Waals surface area (Å²) in [5.41, 5.74) is 11.3. The third kappa shape index (κ3) is 7.59. The minimum Gasteiger partial charge on any atom is -0.392 e. The van der Waals surface area contributed by atoms with Crippen molar-refractivity contribution in [1.82, 2.24) is 19.7 Å². The van der Waals surface area contributed by atoms with Gasteiger partial charge in [0.1, 0.15) is 11.5 Å². The quantitative estimate of drug-likeness (QED) is 0.236. The summed E-state index contributed by atoms with van der Waals surface area (Å²) in [5, 5.41) is 14.1. The number of pyridine rings is 1. The smallest absolute Gasteiger partial charge is 0.269 e. The lowest BCUT2D eigenvalue weighted by atomic mass is 9.84. The highest BCUT2D eigenvalue weighted by Gasteiger charge is 2.39. The molecule has 6 rings (SSSR count). The van der Waals surface area contributed by atoms with Gasteiger partial charge in [-0.1, -0.05) is 44.6 Å². The maximum atomic E-state index is 13.4. The number of carbonyl (C=O) groups is 1. The van der Waals surface area contributed by atoms with E-state index in [0.29, 0.717) is 23.0 Å². The molecule has 49 heavy (non-hydrogen) atoms. The SMILES string of the molecule is C=C/C=C(\C(CO)=C(/C)C(C)/C=C(/Nc1ccc(N2CCN(C3COC3)CC2)cn1)C(=O)N(C)C)N1CCC2=C(CC3=C2CC(C)(C)C3)C1. The molecule has 2 fully saturated rings. The molecule has 0 radical (unpaired) electrons. The highest BCUT2D eigenvalue weighted by Crippen LogP contribution is 2.52. The predicted molar refractivity (Wildman–Crippen MR) is 198 cm³/mol. The first-order valence-corrected chi connectivity index (χ1v) is 18.0. The Labute approximate surface area is 293 Å². The van der Waals surface area contributed by atoms with E-state index in [4.69, 9.17) is 9.72 Å². The molecular weight excluding hydrogens is 612 g/mol. The average molecular weight is 669 g/mol. The number of anilines is 2. The molecule has 2 aliphatic carbocycles. The van der Waals surface area contributed by atoms with Gasteiger partial charge in [0.05, 0.1) is 37.7 Å². The number of nitrogens with one attached hydrogen (secondary N) is 1. The van der Waals surface area contributed by atoms with E-state index in [1.54, 1.807) is 35.7 Å². The van der Waals surface area contributed by atoms with E-state index in [1.807, 2.05) is 30.5 Å². The lowest BCUT2D eigenvalue weighted by molar-refractivity contribution is -0.124. The molecule has 2 N–H and O–H groups in total. The van der Waals surface area contributed by atoms with E-state index in [9.17, 15) is 9.90 Å². The normalized spacial score (nSPS) is 22.8. The van der Waals surface area contributed by atoms with E-state index in [1.165, 1.54) is 18.4 Å². The van der Waals surface area contributed by atoms with Crippen LogP contribution in [0.2, 0.25) is 0 Å². The van der Waals surface area contributed by atoms with Gasteiger partial charge in [0.25, 0.3) is 5.91 Å². The molecule has 1 amide bonds. The Balaban J connectivity index is 1.17. The van der Waals surface area contributed by atoms with Crippen LogP contribution < -0.4 is 10.2 Å². The molecule has 1 unspecified atom stereocenters. The van der Waals surface area contributed by atoms with Crippen LogP contribution in [0, 0.1) is 11.3 Å². The van der Waals surface area contributed by atoms with Crippen LogP contribution >= 0.6 is 0 Å². The van der Waals surface area contributed by atoms with Crippen LogP contribution in [0.1, 0.15) is 53.4 Å². The van der Waals surface area contributed by atoms with Crippen LogP contribution in [0.3, 0.4) is 0 Å². The van der Waals surface area contributed by atoms with E-state index in [-0.39, 0.29) is 18.4 Å². The molecule has 0 spiro atoms. The number of hydrogen-bond donors (Lipinski definition) is 2. The van der Waals surface area contributed by atoms with Crippen molar-refractivity contribution >= 4 is 17.4 Å². The average Bonchev–Trinajstić information content (AvgIpc) is 3.54. The van der Waals surface area contributed by atoms with Gasteiger partial charge >= 0.3 is 0 Å². The summed E-state index contributed by atoms with van der Waals surface area (Å²) in [6, 6.07) is 4.59. The molecule has 9 nitrogen and oxygen atoms in total. The molecule has 2 saturated heterocycles. The fraction of sp³-hybridized carbons (Fsp3) is 0.550. The first kappa shape index (κ1) is 35.2. The van der Waals surface area contributed by atoms with Crippen LogP contribution in [-0.4, -0.2) is 110 Å². The second kappa shape index (κ2) is 14.7.